The molecule has 0 N–H and O–H groups in total. The molecule has 0 saturated carbocycles. The summed E-state index contributed by atoms with van der Waals surface area (Å²) in [6, 6.07) is 0. The van der Waals surface area contributed by atoms with Crippen molar-refractivity contribution in [2.45, 2.75) is 0 Å². The van der Waals surface area contributed by atoms with Crippen molar-refractivity contribution in [2.75, 3.05) is 7.05 Å². The number of nitrogens with zero attached hydrogens (tertiary/aromatic N) is 1. The highest BCUT2D eigenvalue weighted by molar-refractivity contribution is 7.64. The molecule has 0 fully saturated rings. The average Bonchev–Trinajstić information content (AvgIpc) is 1.31. The van der Waals surface area contributed by atoms with Crippen molar-refractivity contribution >= 4 is 49.8 Å². The largest absolute Gasteiger partial charge is 0.417 e. The van der Waals surface area contributed by atoms with Gasteiger partial charge in [-0.1, -0.05) is 0 Å². The van der Waals surface area contributed by atoms with E-state index in [0.717, 1.165) is 10.4 Å². The van der Waals surface area contributed by atoms with E-state index in [1.54, 1.807) is 4.23 Å². The highest BCUT2D eigenvalue weighted by Crippen LogP contribution is 2.20. The maximum atomic E-state index is 5.50. The quantitative estimate of drug-likeness (QED) is 0.430. The first kappa shape index (κ1) is 8.26. The molecule has 6 heteroatoms. The molecule has 0 aromatic heterocycles. The van der Waals surface area contributed by atoms with Crippen molar-refractivity contribution in [3.05, 3.63) is 0 Å². The number of hydrogen-bond donors (Lipinski definition) is 0. The summed E-state index contributed by atoms with van der Waals surface area (Å²) in [6.07, 6.45) is -2.42. The van der Waals surface area contributed by atoms with Crippen LogP contribution in [0.1, 0.15) is 0 Å². The summed E-state index contributed by atoms with van der Waals surface area (Å²) in [7, 11) is 2.64. The summed E-state index contributed by atoms with van der Waals surface area (Å²) >= 11 is 16.5. The van der Waals surface area contributed by atoms with Crippen molar-refractivity contribution in [2.24, 2.45) is 0 Å². The van der Waals surface area contributed by atoms with Crippen LogP contribution in [-0.4, -0.2) is 27.8 Å². The monoisotopic (exact) mass is 193 g/mol. The van der Waals surface area contributed by atoms with E-state index >= 15 is 0 Å². The van der Waals surface area contributed by atoms with Gasteiger partial charge in [-0.25, -0.2) is 0 Å². The molecular formula is CH6Cl3NSi2. The molecular weight excluding hydrogens is 189 g/mol. The minimum atomic E-state index is -2.42. The Balaban J connectivity index is 3.54. The van der Waals surface area contributed by atoms with E-state index in [4.69, 9.17) is 33.2 Å². The first-order chi connectivity index (χ1) is 2.94. The first-order valence-corrected chi connectivity index (χ1v) is 7.56. The lowest BCUT2D eigenvalue weighted by Crippen LogP contribution is -2.34. The zero-order chi connectivity index (χ0) is 6.08. The molecule has 0 aliphatic carbocycles. The molecule has 0 aromatic rings. The zero-order valence-corrected chi connectivity index (χ0v) is 9.35. The standard InChI is InChI=1S/CH6Cl3NSi2/c1-5(6)7(2,3)4/h1,6H3. The molecule has 0 bridgehead atoms. The van der Waals surface area contributed by atoms with Gasteiger partial charge in [-0.3, -0.25) is 0 Å². The van der Waals surface area contributed by atoms with Crippen LogP contribution >= 0.6 is 33.2 Å². The Bertz CT molecular complexity index is 58.4. The van der Waals surface area contributed by atoms with Crippen LogP contribution in [0.2, 0.25) is 0 Å². The number of hydrogen-bond acceptors (Lipinski definition) is 1. The normalized spacial score (nSPS) is 13.3. The van der Waals surface area contributed by atoms with Gasteiger partial charge in [0.15, 0.2) is 0 Å². The Hall–Kier alpha value is 1.26. The molecule has 0 heterocycles. The lowest BCUT2D eigenvalue weighted by atomic mass is 11.6. The smallest absolute Gasteiger partial charge is 0.321 e. The van der Waals surface area contributed by atoms with Gasteiger partial charge in [-0.05, 0) is 7.05 Å². The fraction of sp³-hybridized carbons (Fsp3) is 1.00. The summed E-state index contributed by atoms with van der Waals surface area (Å²) in [5.74, 6) is 0. The molecule has 0 rings (SSSR count). The SMILES string of the molecule is CN([SiH3])[Si](Cl)(Cl)Cl. The summed E-state index contributed by atoms with van der Waals surface area (Å²) in [4.78, 5) is 0. The molecule has 0 atom stereocenters. The van der Waals surface area contributed by atoms with E-state index in [-0.39, 0.29) is 0 Å². The molecule has 0 saturated heterocycles. The fourth-order valence-electron chi connectivity index (χ4n) is 0. The van der Waals surface area contributed by atoms with E-state index in [0.29, 0.717) is 0 Å². The minimum Gasteiger partial charge on any atom is -0.321 e. The second-order valence-electron chi connectivity index (χ2n) is 1.36. The summed E-state index contributed by atoms with van der Waals surface area (Å²) < 4.78 is 1.76. The van der Waals surface area contributed by atoms with Gasteiger partial charge in [0.1, 0.15) is 0 Å². The predicted molar refractivity (Wildman–Crippen MR) is 41.0 cm³/mol. The van der Waals surface area contributed by atoms with Gasteiger partial charge < -0.3 is 4.23 Å². The van der Waals surface area contributed by atoms with E-state index in [2.05, 4.69) is 0 Å². The molecule has 0 radical (unpaired) electrons. The fourth-order valence-corrected chi connectivity index (χ4v) is 0. The van der Waals surface area contributed by atoms with Crippen LogP contribution in [0, 0.1) is 0 Å². The highest BCUT2D eigenvalue weighted by Gasteiger charge is 2.27. The van der Waals surface area contributed by atoms with E-state index in [1.165, 1.54) is 0 Å². The predicted octanol–water partition coefficient (Wildman–Crippen LogP) is 0.351. The third-order valence-corrected chi connectivity index (χ3v) is 9.13. The lowest BCUT2D eigenvalue weighted by Gasteiger charge is -2.15. The molecule has 0 aromatic carbocycles. The summed E-state index contributed by atoms with van der Waals surface area (Å²) in [5, 5.41) is 0. The maximum Gasteiger partial charge on any atom is 0.417 e. The van der Waals surface area contributed by atoms with Crippen LogP contribution in [0.5, 0.6) is 0 Å². The third-order valence-electron chi connectivity index (χ3n) is 0.507. The van der Waals surface area contributed by atoms with Gasteiger partial charge in [0.25, 0.3) is 0 Å². The maximum absolute atomic E-state index is 5.50. The van der Waals surface area contributed by atoms with E-state index in [1.807, 2.05) is 7.05 Å². The Morgan fingerprint density at radius 1 is 1.43 bits per heavy atom. The number of halogens is 3. The molecule has 0 aliphatic heterocycles. The second-order valence-corrected chi connectivity index (χ2v) is 12.1. The third kappa shape index (κ3) is 3.81. The molecule has 7 heavy (non-hydrogen) atoms. The van der Waals surface area contributed by atoms with Gasteiger partial charge in [0.2, 0.25) is 0 Å². The lowest BCUT2D eigenvalue weighted by molar-refractivity contribution is 0.870. The Morgan fingerprint density at radius 2 is 1.57 bits per heavy atom. The molecule has 44 valence electrons. The van der Waals surface area contributed by atoms with Crippen LogP contribution in [0.3, 0.4) is 0 Å². The molecule has 0 amide bonds. The van der Waals surface area contributed by atoms with Crippen LogP contribution in [0.4, 0.5) is 0 Å². The van der Waals surface area contributed by atoms with Gasteiger partial charge in [0, 0.05) is 0 Å². The van der Waals surface area contributed by atoms with Gasteiger partial charge in [-0.2, -0.15) is 0 Å². The van der Waals surface area contributed by atoms with Crippen LogP contribution < -0.4 is 0 Å². The molecule has 0 spiro atoms. The Morgan fingerprint density at radius 3 is 1.57 bits per heavy atom. The van der Waals surface area contributed by atoms with Gasteiger partial charge >= 0.3 is 6.16 Å². The molecule has 0 aliphatic rings. The zero-order valence-electron chi connectivity index (χ0n) is 4.08. The highest BCUT2D eigenvalue weighted by atomic mass is 35.8. The Labute approximate surface area is 61.2 Å². The topological polar surface area (TPSA) is 3.24 Å². The van der Waals surface area contributed by atoms with Gasteiger partial charge in [0.05, 0.1) is 10.4 Å². The Kier molecular flexibility index (Phi) is 3.19. The van der Waals surface area contributed by atoms with Crippen molar-refractivity contribution in [3.8, 4) is 0 Å². The molecule has 0 unspecified atom stereocenters. The van der Waals surface area contributed by atoms with Crippen molar-refractivity contribution in [3.63, 3.8) is 0 Å². The van der Waals surface area contributed by atoms with Crippen molar-refractivity contribution in [1.82, 2.24) is 4.23 Å². The first-order valence-electron chi connectivity index (χ1n) is 1.68. The average molecular weight is 195 g/mol. The molecule has 1 nitrogen and oxygen atoms in total. The van der Waals surface area contributed by atoms with Crippen LogP contribution in [0.15, 0.2) is 0 Å². The second kappa shape index (κ2) is 2.71. The van der Waals surface area contributed by atoms with E-state index < -0.39 is 6.16 Å². The number of rotatable bonds is 1. The minimum absolute atomic E-state index is 0.827. The van der Waals surface area contributed by atoms with Gasteiger partial charge in [-0.15, -0.1) is 33.2 Å². The summed E-state index contributed by atoms with van der Waals surface area (Å²) in [6.45, 7) is 0. The van der Waals surface area contributed by atoms with Crippen molar-refractivity contribution in [1.29, 1.82) is 0 Å². The van der Waals surface area contributed by atoms with E-state index in [9.17, 15) is 0 Å². The van der Waals surface area contributed by atoms with Crippen molar-refractivity contribution < 1.29 is 0 Å². The summed E-state index contributed by atoms with van der Waals surface area (Å²) in [5.41, 5.74) is 0. The van der Waals surface area contributed by atoms with Crippen LogP contribution in [0.25, 0.3) is 0 Å². The van der Waals surface area contributed by atoms with Crippen LogP contribution in [-0.2, 0) is 0 Å².